The number of hydrogen-bond donors (Lipinski definition) is 0. The van der Waals surface area contributed by atoms with Crippen LogP contribution in [0.1, 0.15) is 102 Å². The normalized spacial score (nSPS) is 12.3. The van der Waals surface area contributed by atoms with Crippen molar-refractivity contribution in [1.82, 2.24) is 0 Å². The summed E-state index contributed by atoms with van der Waals surface area (Å²) in [6.45, 7) is 4.76. The number of rotatable bonds is 20. The second-order valence-corrected chi connectivity index (χ2v) is 12.5. The third kappa shape index (κ3) is 17.0. The molecular formula is C27H50INP+. The predicted molar refractivity (Wildman–Crippen MR) is 148 cm³/mol. The fourth-order valence-corrected chi connectivity index (χ4v) is 6.28. The number of nitrogens with zero attached hydrogens (tertiary/aromatic N) is 1. The third-order valence-electron chi connectivity index (χ3n) is 6.10. The largest absolute Gasteiger partial charge is 0.324 e. The third-order valence-corrected chi connectivity index (χ3v) is 8.06. The maximum Gasteiger partial charge on any atom is 0.104 e. The summed E-state index contributed by atoms with van der Waals surface area (Å²) >= 11 is 2.42. The van der Waals surface area contributed by atoms with Crippen molar-refractivity contribution in [3.05, 3.63) is 33.4 Å². The Morgan fingerprint density at radius 1 is 0.733 bits per heavy atom. The minimum absolute atomic E-state index is 1.12. The van der Waals surface area contributed by atoms with Crippen LogP contribution in [0.25, 0.3) is 0 Å². The van der Waals surface area contributed by atoms with E-state index in [-0.39, 0.29) is 0 Å². The molecule has 0 saturated carbocycles. The van der Waals surface area contributed by atoms with E-state index in [1.807, 2.05) is 0 Å². The van der Waals surface area contributed by atoms with Gasteiger partial charge in [0.2, 0.25) is 0 Å². The molecule has 174 valence electrons. The minimum atomic E-state index is 1.12. The first-order valence-electron chi connectivity index (χ1n) is 12.8. The van der Waals surface area contributed by atoms with E-state index in [0.29, 0.717) is 0 Å². The van der Waals surface area contributed by atoms with E-state index in [2.05, 4.69) is 67.9 Å². The van der Waals surface area contributed by atoms with Crippen molar-refractivity contribution < 1.29 is 4.48 Å². The quantitative estimate of drug-likeness (QED) is 0.0663. The van der Waals surface area contributed by atoms with Crippen LogP contribution < -0.4 is 0 Å². The van der Waals surface area contributed by atoms with E-state index < -0.39 is 0 Å². The number of benzene rings is 1. The van der Waals surface area contributed by atoms with E-state index in [1.54, 1.807) is 0 Å². The first-order valence-corrected chi connectivity index (χ1v) is 15.3. The second kappa shape index (κ2) is 18.9. The van der Waals surface area contributed by atoms with Gasteiger partial charge in [0, 0.05) is 15.3 Å². The maximum atomic E-state index is 2.42. The highest BCUT2D eigenvalue weighted by molar-refractivity contribution is 14.1. The van der Waals surface area contributed by atoms with Crippen molar-refractivity contribution in [3.8, 4) is 0 Å². The van der Waals surface area contributed by atoms with Crippen LogP contribution >= 0.6 is 31.2 Å². The molecule has 1 unspecified atom stereocenters. The Bertz CT molecular complexity index is 517. The molecule has 0 saturated heterocycles. The Kier molecular flexibility index (Phi) is 17.8. The van der Waals surface area contributed by atoms with Gasteiger partial charge in [-0.05, 0) is 47.3 Å². The number of quaternary nitrogens is 1. The molecule has 0 aromatic heterocycles. The Labute approximate surface area is 204 Å². The molecule has 0 spiro atoms. The molecule has 1 aromatic rings. The molecule has 0 fully saturated rings. The fraction of sp³-hybridized carbons (Fsp3) is 0.778. The molecule has 0 N–H and O–H groups in total. The molecule has 0 heterocycles. The summed E-state index contributed by atoms with van der Waals surface area (Å²) in [6, 6.07) is 8.98. The van der Waals surface area contributed by atoms with Gasteiger partial charge in [-0.25, -0.2) is 0 Å². The van der Waals surface area contributed by atoms with Crippen molar-refractivity contribution >= 4 is 31.2 Å². The van der Waals surface area contributed by atoms with Crippen molar-refractivity contribution in [3.63, 3.8) is 0 Å². The summed E-state index contributed by atoms with van der Waals surface area (Å²) in [4.78, 5) is 0. The number of unbranched alkanes of at least 4 members (excludes halogenated alkanes) is 13. The SMILES string of the molecule is CCCCCCCCCCCCCCCCPCC[N+](C)(C)Cc1cccc(I)c1. The fourth-order valence-electron chi connectivity index (χ4n) is 4.16. The summed E-state index contributed by atoms with van der Waals surface area (Å²) in [5.41, 5.74) is 1.47. The highest BCUT2D eigenvalue weighted by Gasteiger charge is 2.15. The molecule has 1 aromatic carbocycles. The van der Waals surface area contributed by atoms with E-state index in [9.17, 15) is 0 Å². The van der Waals surface area contributed by atoms with Crippen LogP contribution in [0.5, 0.6) is 0 Å². The average Bonchev–Trinajstić information content (AvgIpc) is 2.70. The molecule has 0 amide bonds. The van der Waals surface area contributed by atoms with Gasteiger partial charge in [0.1, 0.15) is 6.54 Å². The topological polar surface area (TPSA) is 0 Å². The molecule has 1 rings (SSSR count). The molecular weight excluding hydrogens is 496 g/mol. The molecule has 1 nitrogen and oxygen atoms in total. The molecule has 0 aliphatic carbocycles. The maximum absolute atomic E-state index is 2.42. The van der Waals surface area contributed by atoms with Crippen molar-refractivity contribution in [2.45, 2.75) is 103 Å². The predicted octanol–water partition coefficient (Wildman–Crippen LogP) is 9.03. The first-order chi connectivity index (χ1) is 14.5. The van der Waals surface area contributed by atoms with Gasteiger partial charge in [-0.1, -0.05) is 103 Å². The lowest BCUT2D eigenvalue weighted by atomic mass is 10.0. The number of hydrogen-bond acceptors (Lipinski definition) is 0. The van der Waals surface area contributed by atoms with E-state index in [4.69, 9.17) is 0 Å². The van der Waals surface area contributed by atoms with Crippen molar-refractivity contribution in [2.24, 2.45) is 0 Å². The average molecular weight is 547 g/mol. The summed E-state index contributed by atoms with van der Waals surface area (Å²) in [7, 11) is 5.93. The van der Waals surface area contributed by atoms with E-state index >= 15 is 0 Å². The van der Waals surface area contributed by atoms with Crippen LogP contribution in [0.2, 0.25) is 0 Å². The Hall–Kier alpha value is 0.340. The van der Waals surface area contributed by atoms with Crippen LogP contribution in [0, 0.1) is 3.57 Å². The lowest BCUT2D eigenvalue weighted by molar-refractivity contribution is -0.901. The monoisotopic (exact) mass is 546 g/mol. The lowest BCUT2D eigenvalue weighted by Gasteiger charge is -2.30. The summed E-state index contributed by atoms with van der Waals surface area (Å²) < 4.78 is 2.47. The van der Waals surface area contributed by atoms with Crippen molar-refractivity contribution in [2.75, 3.05) is 33.0 Å². The zero-order valence-corrected chi connectivity index (χ0v) is 23.5. The van der Waals surface area contributed by atoms with E-state index in [1.165, 1.54) is 118 Å². The Morgan fingerprint density at radius 2 is 1.27 bits per heavy atom. The summed E-state index contributed by atoms with van der Waals surface area (Å²) in [6.07, 6.45) is 23.3. The first kappa shape index (κ1) is 28.4. The molecule has 30 heavy (non-hydrogen) atoms. The van der Waals surface area contributed by atoms with Gasteiger partial charge >= 0.3 is 0 Å². The highest BCUT2D eigenvalue weighted by atomic mass is 127. The van der Waals surface area contributed by atoms with Gasteiger partial charge in [-0.15, -0.1) is 8.58 Å². The molecule has 0 bridgehead atoms. The Morgan fingerprint density at radius 3 is 1.80 bits per heavy atom. The molecule has 3 heteroatoms. The zero-order chi connectivity index (χ0) is 21.9. The number of halogens is 1. The molecule has 1 atom stereocenters. The molecule has 0 radical (unpaired) electrons. The van der Waals surface area contributed by atoms with Gasteiger partial charge in [0.15, 0.2) is 0 Å². The van der Waals surface area contributed by atoms with Gasteiger partial charge < -0.3 is 4.48 Å². The summed E-state index contributed by atoms with van der Waals surface area (Å²) in [5, 5.41) is 0. The van der Waals surface area contributed by atoms with Gasteiger partial charge in [-0.3, -0.25) is 0 Å². The lowest BCUT2D eigenvalue weighted by Crippen LogP contribution is -2.40. The van der Waals surface area contributed by atoms with Crippen LogP contribution in [0.3, 0.4) is 0 Å². The van der Waals surface area contributed by atoms with Crippen molar-refractivity contribution in [1.29, 1.82) is 0 Å². The second-order valence-electron chi connectivity index (χ2n) is 9.79. The van der Waals surface area contributed by atoms with Crippen LogP contribution in [-0.4, -0.2) is 37.4 Å². The standard InChI is InChI=1S/C27H50INP/c1-4-5-6-7-8-9-10-11-12-13-14-15-16-17-22-30-23-21-29(2,3)25-26-19-18-20-27(28)24-26/h18-20,24,30H,4-17,21-23,25H2,1-3H3/q+1. The van der Waals surface area contributed by atoms with Gasteiger partial charge in [0.05, 0.1) is 20.6 Å². The summed E-state index contributed by atoms with van der Waals surface area (Å²) in [5.74, 6) is 0. The van der Waals surface area contributed by atoms with Crippen LogP contribution in [-0.2, 0) is 6.54 Å². The highest BCUT2D eigenvalue weighted by Crippen LogP contribution is 2.19. The molecule has 0 aliphatic rings. The van der Waals surface area contributed by atoms with Crippen LogP contribution in [0.15, 0.2) is 24.3 Å². The smallest absolute Gasteiger partial charge is 0.104 e. The Balaban J connectivity index is 1.85. The zero-order valence-electron chi connectivity index (χ0n) is 20.4. The van der Waals surface area contributed by atoms with Gasteiger partial charge in [-0.2, -0.15) is 0 Å². The van der Waals surface area contributed by atoms with Crippen LogP contribution in [0.4, 0.5) is 0 Å². The van der Waals surface area contributed by atoms with E-state index in [0.717, 1.165) is 19.6 Å². The van der Waals surface area contributed by atoms with Gasteiger partial charge in [0.25, 0.3) is 0 Å². The molecule has 0 aliphatic heterocycles. The minimum Gasteiger partial charge on any atom is -0.324 e.